The van der Waals surface area contributed by atoms with E-state index < -0.39 is 42.1 Å². The number of thioether (sulfide) groups is 1. The van der Waals surface area contributed by atoms with Crippen LogP contribution in [0.5, 0.6) is 0 Å². The second kappa shape index (κ2) is 4.64. The van der Waals surface area contributed by atoms with Crippen molar-refractivity contribution >= 4 is 16.8 Å². The first-order valence-corrected chi connectivity index (χ1v) is 6.07. The van der Waals surface area contributed by atoms with Crippen molar-refractivity contribution in [1.82, 2.24) is 0 Å². The minimum Gasteiger partial charge on any atom is -0.388 e. The van der Waals surface area contributed by atoms with E-state index in [4.69, 9.17) is 9.84 Å². The highest BCUT2D eigenvalue weighted by Crippen LogP contribution is 2.39. The van der Waals surface area contributed by atoms with Gasteiger partial charge >= 0.3 is 6.18 Å². The maximum atomic E-state index is 12.4. The number of aliphatic hydroxyl groups is 3. The van der Waals surface area contributed by atoms with Crippen molar-refractivity contribution in [3.05, 3.63) is 0 Å². The van der Waals surface area contributed by atoms with Crippen LogP contribution in [0.3, 0.4) is 0 Å². The van der Waals surface area contributed by atoms with Gasteiger partial charge < -0.3 is 20.1 Å². The molecule has 0 spiro atoms. The molecule has 18 heavy (non-hydrogen) atoms. The van der Waals surface area contributed by atoms with Crippen molar-refractivity contribution in [2.45, 2.75) is 49.0 Å². The number of hydrogen-bond acceptors (Lipinski definition) is 6. The molecule has 1 fully saturated rings. The number of fused-ring (bicyclic) bond motifs is 1. The molecule has 2 aliphatic rings. The summed E-state index contributed by atoms with van der Waals surface area (Å²) >= 11 is 1.07. The van der Waals surface area contributed by atoms with E-state index in [0.717, 1.165) is 11.8 Å². The normalized spacial score (nSPS) is 42.4. The quantitative estimate of drug-likeness (QED) is 0.627. The number of nitrogens with zero attached hydrogens (tertiary/aromatic N) is 1. The maximum absolute atomic E-state index is 12.4. The number of aliphatic hydroxyl groups excluding tert-OH is 3. The lowest BCUT2D eigenvalue weighted by molar-refractivity contribution is -0.271. The fourth-order valence-corrected chi connectivity index (χ4v) is 3.03. The zero-order chi connectivity index (χ0) is 13.7. The number of alkyl halides is 3. The molecule has 0 radical (unpaired) electrons. The van der Waals surface area contributed by atoms with E-state index in [1.54, 1.807) is 6.92 Å². The topological polar surface area (TPSA) is 82.3 Å². The van der Waals surface area contributed by atoms with E-state index in [2.05, 4.69) is 4.99 Å². The van der Waals surface area contributed by atoms with Crippen molar-refractivity contribution in [2.75, 3.05) is 0 Å². The van der Waals surface area contributed by atoms with Gasteiger partial charge in [0.05, 0.1) is 5.04 Å². The van der Waals surface area contributed by atoms with Gasteiger partial charge in [0, 0.05) is 0 Å². The number of rotatable bonds is 1. The Bertz CT molecular complexity index is 364. The average molecular weight is 287 g/mol. The summed E-state index contributed by atoms with van der Waals surface area (Å²) in [6.07, 6.45) is -13.0. The van der Waals surface area contributed by atoms with Gasteiger partial charge in [-0.2, -0.15) is 13.2 Å². The second-order valence-corrected chi connectivity index (χ2v) is 5.48. The average Bonchev–Trinajstić information content (AvgIpc) is 2.62. The van der Waals surface area contributed by atoms with E-state index >= 15 is 0 Å². The van der Waals surface area contributed by atoms with Crippen LogP contribution in [0.4, 0.5) is 13.2 Å². The largest absolute Gasteiger partial charge is 0.417 e. The Balaban J connectivity index is 2.17. The molecule has 5 nitrogen and oxygen atoms in total. The molecule has 3 N–H and O–H groups in total. The molecular formula is C9H12F3NO4S. The van der Waals surface area contributed by atoms with E-state index in [-0.39, 0.29) is 0 Å². The summed E-state index contributed by atoms with van der Waals surface area (Å²) in [5.41, 5.74) is -0.814. The third-order valence-electron chi connectivity index (χ3n) is 2.87. The minimum absolute atomic E-state index is 0.554. The molecule has 0 aromatic heterocycles. The van der Waals surface area contributed by atoms with Gasteiger partial charge in [-0.05, 0) is 6.92 Å². The van der Waals surface area contributed by atoms with Crippen molar-refractivity contribution in [1.29, 1.82) is 0 Å². The highest BCUT2D eigenvalue weighted by atomic mass is 32.2. The van der Waals surface area contributed by atoms with E-state index in [1.165, 1.54) is 0 Å². The zero-order valence-electron chi connectivity index (χ0n) is 9.20. The molecule has 2 rings (SSSR count). The Morgan fingerprint density at radius 2 is 1.94 bits per heavy atom. The lowest BCUT2D eigenvalue weighted by Crippen LogP contribution is -2.60. The van der Waals surface area contributed by atoms with Crippen LogP contribution in [0.15, 0.2) is 4.99 Å². The molecule has 0 saturated carbocycles. The molecule has 0 aliphatic carbocycles. The molecule has 1 saturated heterocycles. The Morgan fingerprint density at radius 3 is 2.50 bits per heavy atom. The van der Waals surface area contributed by atoms with Gasteiger partial charge in [-0.15, -0.1) is 0 Å². The monoisotopic (exact) mass is 287 g/mol. The lowest BCUT2D eigenvalue weighted by Gasteiger charge is -2.40. The summed E-state index contributed by atoms with van der Waals surface area (Å²) < 4.78 is 42.2. The minimum atomic E-state index is -4.92. The van der Waals surface area contributed by atoms with Gasteiger partial charge in [0.25, 0.3) is 0 Å². The Labute approximate surface area is 105 Å². The molecule has 6 atom stereocenters. The summed E-state index contributed by atoms with van der Waals surface area (Å²) in [6.45, 7) is 1.63. The van der Waals surface area contributed by atoms with Crippen LogP contribution in [0.25, 0.3) is 0 Å². The van der Waals surface area contributed by atoms with Crippen LogP contribution in [0, 0.1) is 0 Å². The summed E-state index contributed by atoms with van der Waals surface area (Å²) in [4.78, 5) is 3.98. The fraction of sp³-hybridized carbons (Fsp3) is 0.889. The first kappa shape index (κ1) is 14.1. The van der Waals surface area contributed by atoms with Crippen LogP contribution in [0.1, 0.15) is 6.92 Å². The molecule has 0 amide bonds. The Kier molecular flexibility index (Phi) is 3.63. The van der Waals surface area contributed by atoms with Crippen LogP contribution in [0.2, 0.25) is 0 Å². The molecule has 0 aromatic carbocycles. The molecule has 0 aromatic rings. The van der Waals surface area contributed by atoms with Crippen LogP contribution in [-0.4, -0.2) is 62.4 Å². The van der Waals surface area contributed by atoms with E-state index in [9.17, 15) is 23.4 Å². The summed E-state index contributed by atoms with van der Waals surface area (Å²) in [7, 11) is 0. The summed E-state index contributed by atoms with van der Waals surface area (Å²) in [6, 6.07) is -0.804. The fourth-order valence-electron chi connectivity index (χ4n) is 1.96. The van der Waals surface area contributed by atoms with Crippen LogP contribution in [-0.2, 0) is 4.74 Å². The first-order valence-electron chi connectivity index (χ1n) is 5.19. The number of halogens is 3. The third kappa shape index (κ3) is 2.37. The van der Waals surface area contributed by atoms with Crippen molar-refractivity contribution in [2.24, 2.45) is 4.99 Å². The molecule has 0 bridgehead atoms. The Morgan fingerprint density at radius 1 is 1.33 bits per heavy atom. The highest BCUT2D eigenvalue weighted by Gasteiger charge is 2.55. The Hall–Kier alpha value is -0.350. The summed E-state index contributed by atoms with van der Waals surface area (Å²) in [5, 5.41) is 29.0. The van der Waals surface area contributed by atoms with Crippen molar-refractivity contribution in [3.63, 3.8) is 0 Å². The van der Waals surface area contributed by atoms with E-state index in [1.807, 2.05) is 0 Å². The van der Waals surface area contributed by atoms with Crippen LogP contribution < -0.4 is 0 Å². The number of aliphatic imine (C=N–C) groups is 1. The van der Waals surface area contributed by atoms with Gasteiger partial charge in [0.2, 0.25) is 0 Å². The summed E-state index contributed by atoms with van der Waals surface area (Å²) in [5.74, 6) is 0. The highest BCUT2D eigenvalue weighted by molar-refractivity contribution is 8.14. The number of hydrogen-bond donors (Lipinski definition) is 3. The van der Waals surface area contributed by atoms with Crippen LogP contribution >= 0.6 is 11.8 Å². The van der Waals surface area contributed by atoms with Gasteiger partial charge in [-0.1, -0.05) is 11.8 Å². The molecule has 9 heteroatoms. The van der Waals surface area contributed by atoms with Crippen molar-refractivity contribution in [3.8, 4) is 0 Å². The molecule has 0 unspecified atom stereocenters. The SMILES string of the molecule is CC1=N[C@@H]2[C@@H](O)[C@H](O)[C@@H]([C@H](O)C(F)(F)F)O[C@@H]2S1. The number of ether oxygens (including phenoxy) is 1. The van der Waals surface area contributed by atoms with Gasteiger partial charge in [0.15, 0.2) is 6.10 Å². The molecule has 2 aliphatic heterocycles. The third-order valence-corrected chi connectivity index (χ3v) is 3.94. The smallest absolute Gasteiger partial charge is 0.388 e. The van der Waals surface area contributed by atoms with Crippen molar-refractivity contribution < 1.29 is 33.2 Å². The molecular weight excluding hydrogens is 275 g/mol. The van der Waals surface area contributed by atoms with Gasteiger partial charge in [-0.25, -0.2) is 0 Å². The first-order chi connectivity index (χ1) is 8.21. The van der Waals surface area contributed by atoms with E-state index in [0.29, 0.717) is 5.04 Å². The lowest BCUT2D eigenvalue weighted by atomic mass is 9.94. The molecule has 104 valence electrons. The standard InChI is InChI=1S/C9H12F3NO4S/c1-2-13-3-4(14)5(15)6(17-8(3)18-2)7(16)9(10,11)12/h3-8,14-16H,1H3/t3-,4-,5+,6+,7+,8-/m1/s1. The van der Waals surface area contributed by atoms with Gasteiger partial charge in [0.1, 0.15) is 29.8 Å². The predicted octanol–water partition coefficient (Wildman–Crippen LogP) is -0.110. The molecule has 2 heterocycles. The second-order valence-electron chi connectivity index (χ2n) is 4.19. The van der Waals surface area contributed by atoms with Gasteiger partial charge in [-0.3, -0.25) is 4.99 Å². The maximum Gasteiger partial charge on any atom is 0.417 e. The zero-order valence-corrected chi connectivity index (χ0v) is 10.0. The predicted molar refractivity (Wildman–Crippen MR) is 57.2 cm³/mol.